The fraction of sp³-hybridized carbons (Fsp3) is 0.214. The molecule has 1 aliphatic heterocycles. The minimum Gasteiger partial charge on any atom is -0.454 e. The summed E-state index contributed by atoms with van der Waals surface area (Å²) in [4.78, 5) is 8.51. The number of benzene rings is 1. The average Bonchev–Trinajstić information content (AvgIpc) is 2.84. The quantitative estimate of drug-likeness (QED) is 0.681. The van der Waals surface area contributed by atoms with Crippen molar-refractivity contribution >= 4 is 28.1 Å². The zero-order valence-corrected chi connectivity index (χ0v) is 13.1. The molecule has 1 N–H and O–H groups in total. The van der Waals surface area contributed by atoms with E-state index in [4.69, 9.17) is 9.47 Å². The second-order valence-electron chi connectivity index (χ2n) is 4.57. The highest BCUT2D eigenvalue weighted by atomic mass is 79.9. The summed E-state index contributed by atoms with van der Waals surface area (Å²) in [6.45, 7) is 4.08. The van der Waals surface area contributed by atoms with Gasteiger partial charge in [-0.05, 0) is 48.0 Å². The molecule has 108 valence electrons. The molecule has 0 aliphatic carbocycles. The number of nitrogens with zero attached hydrogens (tertiary/aromatic N) is 3. The van der Waals surface area contributed by atoms with E-state index in [-0.39, 0.29) is 6.79 Å². The van der Waals surface area contributed by atoms with E-state index in [1.165, 1.54) is 0 Å². The van der Waals surface area contributed by atoms with Gasteiger partial charge in [0.2, 0.25) is 12.7 Å². The molecule has 1 aliphatic rings. The van der Waals surface area contributed by atoms with Crippen molar-refractivity contribution in [1.82, 2.24) is 9.97 Å². The number of halogens is 1. The molecule has 1 aromatic carbocycles. The van der Waals surface area contributed by atoms with E-state index in [0.29, 0.717) is 11.7 Å². The van der Waals surface area contributed by atoms with E-state index >= 15 is 0 Å². The fourth-order valence-corrected chi connectivity index (χ4v) is 2.39. The minimum absolute atomic E-state index is 0.247. The Hall–Kier alpha value is -2.15. The standard InChI is InChI=1S/C14H13BrN4O2/c1-8-3-9(2)18-14(17-8)19-16-6-10-4-12-13(5-11(10)15)21-7-20-12/h3-6H,7H2,1-2H3,(H,17,18,19)/b16-6+. The third kappa shape index (κ3) is 3.13. The third-order valence-electron chi connectivity index (χ3n) is 2.84. The van der Waals surface area contributed by atoms with Crippen LogP contribution in [0.15, 0.2) is 27.8 Å². The van der Waals surface area contributed by atoms with Crippen LogP contribution in [0.1, 0.15) is 17.0 Å². The number of hydrogen-bond donors (Lipinski definition) is 1. The van der Waals surface area contributed by atoms with Gasteiger partial charge in [-0.15, -0.1) is 0 Å². The summed E-state index contributed by atoms with van der Waals surface area (Å²) in [5.41, 5.74) is 5.48. The summed E-state index contributed by atoms with van der Waals surface area (Å²) < 4.78 is 11.5. The molecule has 0 fully saturated rings. The maximum absolute atomic E-state index is 5.34. The Bertz CT molecular complexity index is 698. The lowest BCUT2D eigenvalue weighted by molar-refractivity contribution is 0.174. The van der Waals surface area contributed by atoms with Crippen LogP contribution in [0.4, 0.5) is 5.95 Å². The Morgan fingerprint density at radius 3 is 2.52 bits per heavy atom. The maximum Gasteiger partial charge on any atom is 0.243 e. The number of hydrazone groups is 1. The molecule has 2 aromatic rings. The molecule has 0 spiro atoms. The van der Waals surface area contributed by atoms with Crippen LogP contribution in [-0.2, 0) is 0 Å². The smallest absolute Gasteiger partial charge is 0.243 e. The van der Waals surface area contributed by atoms with Crippen LogP contribution in [0, 0.1) is 13.8 Å². The SMILES string of the molecule is Cc1cc(C)nc(N/N=C/c2cc3c(cc2Br)OCO3)n1. The predicted molar refractivity (Wildman–Crippen MR) is 83.0 cm³/mol. The second kappa shape index (κ2) is 5.69. The van der Waals surface area contributed by atoms with E-state index in [2.05, 4.69) is 36.4 Å². The summed E-state index contributed by atoms with van der Waals surface area (Å²) in [5.74, 6) is 1.91. The molecule has 0 atom stereocenters. The monoisotopic (exact) mass is 348 g/mol. The summed E-state index contributed by atoms with van der Waals surface area (Å²) in [6, 6.07) is 5.63. The Morgan fingerprint density at radius 2 is 1.81 bits per heavy atom. The van der Waals surface area contributed by atoms with Crippen LogP contribution < -0.4 is 14.9 Å². The molecule has 0 saturated carbocycles. The molecular formula is C14H13BrN4O2. The lowest BCUT2D eigenvalue weighted by Crippen LogP contribution is -1.99. The number of fused-ring (bicyclic) bond motifs is 1. The zero-order chi connectivity index (χ0) is 14.8. The van der Waals surface area contributed by atoms with Crippen LogP contribution in [-0.4, -0.2) is 23.0 Å². The first-order valence-corrected chi connectivity index (χ1v) is 7.11. The van der Waals surface area contributed by atoms with Crippen LogP contribution in [0.5, 0.6) is 11.5 Å². The van der Waals surface area contributed by atoms with Crippen LogP contribution in [0.2, 0.25) is 0 Å². The highest BCUT2D eigenvalue weighted by molar-refractivity contribution is 9.10. The Balaban J connectivity index is 1.77. The van der Waals surface area contributed by atoms with Crippen LogP contribution in [0.3, 0.4) is 0 Å². The first kappa shape index (κ1) is 13.8. The van der Waals surface area contributed by atoms with E-state index < -0.39 is 0 Å². The second-order valence-corrected chi connectivity index (χ2v) is 5.43. The summed E-state index contributed by atoms with van der Waals surface area (Å²) in [6.07, 6.45) is 1.67. The normalized spacial score (nSPS) is 12.9. The van der Waals surface area contributed by atoms with Gasteiger partial charge in [-0.1, -0.05) is 0 Å². The van der Waals surface area contributed by atoms with E-state index in [9.17, 15) is 0 Å². The number of ether oxygens (including phenoxy) is 2. The molecule has 3 rings (SSSR count). The number of hydrogen-bond acceptors (Lipinski definition) is 6. The number of aryl methyl sites for hydroxylation is 2. The largest absolute Gasteiger partial charge is 0.454 e. The molecule has 6 nitrogen and oxygen atoms in total. The lowest BCUT2D eigenvalue weighted by atomic mass is 10.2. The van der Waals surface area contributed by atoms with Gasteiger partial charge >= 0.3 is 0 Å². The van der Waals surface area contributed by atoms with Gasteiger partial charge in [0.1, 0.15) is 0 Å². The highest BCUT2D eigenvalue weighted by Gasteiger charge is 2.15. The Labute approximate surface area is 130 Å². The van der Waals surface area contributed by atoms with Gasteiger partial charge in [0.15, 0.2) is 11.5 Å². The van der Waals surface area contributed by atoms with Gasteiger partial charge in [-0.2, -0.15) is 5.10 Å². The molecule has 2 heterocycles. The van der Waals surface area contributed by atoms with Crippen LogP contribution in [0.25, 0.3) is 0 Å². The number of nitrogens with one attached hydrogen (secondary N) is 1. The van der Waals surface area contributed by atoms with Crippen molar-refractivity contribution in [3.05, 3.63) is 39.6 Å². The highest BCUT2D eigenvalue weighted by Crippen LogP contribution is 2.36. The van der Waals surface area contributed by atoms with Gasteiger partial charge in [0.05, 0.1) is 6.21 Å². The van der Waals surface area contributed by atoms with Gasteiger partial charge in [-0.3, -0.25) is 0 Å². The number of anilines is 1. The first-order valence-electron chi connectivity index (χ1n) is 6.32. The number of rotatable bonds is 3. The summed E-state index contributed by atoms with van der Waals surface area (Å²) in [5, 5.41) is 4.15. The van der Waals surface area contributed by atoms with Crippen LogP contribution >= 0.6 is 15.9 Å². The summed E-state index contributed by atoms with van der Waals surface area (Å²) in [7, 11) is 0. The number of aromatic nitrogens is 2. The molecule has 1 aromatic heterocycles. The van der Waals surface area contributed by atoms with Crippen molar-refractivity contribution < 1.29 is 9.47 Å². The van der Waals surface area contributed by atoms with E-state index in [0.717, 1.165) is 27.2 Å². The zero-order valence-electron chi connectivity index (χ0n) is 11.6. The van der Waals surface area contributed by atoms with Crippen molar-refractivity contribution in [2.24, 2.45) is 5.10 Å². The molecule has 0 saturated heterocycles. The average molecular weight is 349 g/mol. The van der Waals surface area contributed by atoms with Gasteiger partial charge in [0.25, 0.3) is 0 Å². The van der Waals surface area contributed by atoms with E-state index in [1.807, 2.05) is 32.0 Å². The van der Waals surface area contributed by atoms with Gasteiger partial charge in [-0.25, -0.2) is 15.4 Å². The minimum atomic E-state index is 0.247. The Morgan fingerprint density at radius 1 is 1.14 bits per heavy atom. The third-order valence-corrected chi connectivity index (χ3v) is 3.53. The van der Waals surface area contributed by atoms with Crippen molar-refractivity contribution in [3.63, 3.8) is 0 Å². The molecule has 0 amide bonds. The first-order chi connectivity index (χ1) is 10.1. The van der Waals surface area contributed by atoms with E-state index in [1.54, 1.807) is 6.21 Å². The molecule has 21 heavy (non-hydrogen) atoms. The van der Waals surface area contributed by atoms with Crippen molar-refractivity contribution in [2.45, 2.75) is 13.8 Å². The molecular weight excluding hydrogens is 336 g/mol. The molecule has 0 unspecified atom stereocenters. The molecule has 0 radical (unpaired) electrons. The van der Waals surface area contributed by atoms with Gasteiger partial charge in [0, 0.05) is 21.4 Å². The van der Waals surface area contributed by atoms with Crippen molar-refractivity contribution in [1.29, 1.82) is 0 Å². The predicted octanol–water partition coefficient (Wildman–Crippen LogP) is 3.03. The molecule has 0 bridgehead atoms. The maximum atomic E-state index is 5.34. The van der Waals surface area contributed by atoms with Crippen molar-refractivity contribution in [2.75, 3.05) is 12.2 Å². The fourth-order valence-electron chi connectivity index (χ4n) is 1.97. The summed E-state index contributed by atoms with van der Waals surface area (Å²) >= 11 is 3.47. The van der Waals surface area contributed by atoms with Gasteiger partial charge < -0.3 is 9.47 Å². The Kier molecular flexibility index (Phi) is 3.74. The van der Waals surface area contributed by atoms with Crippen molar-refractivity contribution in [3.8, 4) is 11.5 Å². The lowest BCUT2D eigenvalue weighted by Gasteiger charge is -2.03. The topological polar surface area (TPSA) is 68.6 Å². The molecule has 7 heteroatoms.